The monoisotopic (exact) mass is 280 g/mol. The third kappa shape index (κ3) is 2.96. The minimum Gasteiger partial charge on any atom is -0.508 e. The Morgan fingerprint density at radius 1 is 1.40 bits per heavy atom. The smallest absolute Gasteiger partial charge is 0.260 e. The Bertz CT molecular complexity index is 584. The fraction of sp³-hybridized carbons (Fsp3) is 0.429. The number of nitrogens with zero attached hydrogens (tertiary/aromatic N) is 2. The van der Waals surface area contributed by atoms with Crippen molar-refractivity contribution in [3.05, 3.63) is 29.8 Å². The summed E-state index contributed by atoms with van der Waals surface area (Å²) in [5, 5.41) is 13.0. The normalized spacial score (nSPS) is 12.8. The number of halogens is 1. The maximum Gasteiger partial charge on any atom is 0.260 e. The highest BCUT2D eigenvalue weighted by Gasteiger charge is 2.23. The van der Waals surface area contributed by atoms with Crippen LogP contribution in [0.3, 0.4) is 0 Å². The van der Waals surface area contributed by atoms with Crippen LogP contribution < -0.4 is 0 Å². The molecule has 0 aliphatic heterocycles. The molecule has 1 heterocycles. The van der Waals surface area contributed by atoms with Crippen molar-refractivity contribution < 1.29 is 18.8 Å². The molecule has 2 aromatic rings. The molecule has 0 amide bonds. The van der Waals surface area contributed by atoms with Gasteiger partial charge in [-0.25, -0.2) is 4.39 Å². The molecule has 1 aromatic carbocycles. The Kier molecular flexibility index (Phi) is 4.34. The molecule has 2 rings (SSSR count). The summed E-state index contributed by atoms with van der Waals surface area (Å²) < 4.78 is 24.4. The molecule has 6 heteroatoms. The van der Waals surface area contributed by atoms with Crippen molar-refractivity contribution in [1.82, 2.24) is 10.1 Å². The van der Waals surface area contributed by atoms with E-state index in [-0.39, 0.29) is 29.2 Å². The van der Waals surface area contributed by atoms with Crippen molar-refractivity contribution in [1.29, 1.82) is 0 Å². The summed E-state index contributed by atoms with van der Waals surface area (Å²) >= 11 is 0. The van der Waals surface area contributed by atoms with Gasteiger partial charge < -0.3 is 14.4 Å². The molecule has 1 aromatic heterocycles. The lowest BCUT2D eigenvalue weighted by Gasteiger charge is -2.16. The second-order valence-electron chi connectivity index (χ2n) is 4.74. The Balaban J connectivity index is 2.32. The number of phenolic OH excluding ortho intramolecular Hbond substituents is 1. The van der Waals surface area contributed by atoms with Crippen LogP contribution in [0.25, 0.3) is 11.5 Å². The first-order valence-corrected chi connectivity index (χ1v) is 6.47. The largest absolute Gasteiger partial charge is 0.508 e. The minimum absolute atomic E-state index is 0.0721. The van der Waals surface area contributed by atoms with E-state index >= 15 is 0 Å². The third-order valence-corrected chi connectivity index (χ3v) is 2.83. The minimum atomic E-state index is -0.613. The number of hydrogen-bond acceptors (Lipinski definition) is 5. The molecule has 1 N–H and O–H groups in total. The molecular formula is C14H17FN2O3. The van der Waals surface area contributed by atoms with E-state index in [9.17, 15) is 9.50 Å². The summed E-state index contributed by atoms with van der Waals surface area (Å²) in [6.45, 7) is 6.38. The Morgan fingerprint density at radius 2 is 2.15 bits per heavy atom. The molecule has 0 radical (unpaired) electrons. The van der Waals surface area contributed by atoms with Gasteiger partial charge in [0, 0.05) is 12.7 Å². The Labute approximate surface area is 116 Å². The van der Waals surface area contributed by atoms with E-state index in [2.05, 4.69) is 10.1 Å². The van der Waals surface area contributed by atoms with Gasteiger partial charge in [-0.05, 0) is 25.0 Å². The lowest BCUT2D eigenvalue weighted by molar-refractivity contribution is 0.0217. The number of aromatic nitrogens is 2. The number of benzene rings is 1. The summed E-state index contributed by atoms with van der Waals surface area (Å²) in [6.07, 6.45) is -0.294. The second-order valence-corrected chi connectivity index (χ2v) is 4.74. The summed E-state index contributed by atoms with van der Waals surface area (Å²) in [7, 11) is 0. The molecule has 1 unspecified atom stereocenters. The third-order valence-electron chi connectivity index (χ3n) is 2.83. The predicted octanol–water partition coefficient (Wildman–Crippen LogP) is 3.31. The summed E-state index contributed by atoms with van der Waals surface area (Å²) in [5.74, 6) is -0.129. The molecule has 0 aliphatic rings. The first-order valence-electron chi connectivity index (χ1n) is 6.47. The van der Waals surface area contributed by atoms with Gasteiger partial charge in [0.1, 0.15) is 17.7 Å². The van der Waals surface area contributed by atoms with E-state index in [0.717, 1.165) is 6.07 Å². The maximum absolute atomic E-state index is 13.7. The second kappa shape index (κ2) is 6.00. The van der Waals surface area contributed by atoms with Crippen LogP contribution in [0.1, 0.15) is 32.7 Å². The van der Waals surface area contributed by atoms with Gasteiger partial charge >= 0.3 is 0 Å². The SMILES string of the molecule is CCOC(c1noc(-c2ccc(O)cc2F)n1)C(C)C. The van der Waals surface area contributed by atoms with Crippen molar-refractivity contribution in [3.63, 3.8) is 0 Å². The number of ether oxygens (including phenoxy) is 1. The number of phenols is 1. The molecule has 0 saturated carbocycles. The molecular weight excluding hydrogens is 263 g/mol. The predicted molar refractivity (Wildman–Crippen MR) is 70.6 cm³/mol. The fourth-order valence-corrected chi connectivity index (χ4v) is 1.88. The van der Waals surface area contributed by atoms with Crippen LogP contribution in [-0.4, -0.2) is 21.9 Å². The highest BCUT2D eigenvalue weighted by Crippen LogP contribution is 2.28. The van der Waals surface area contributed by atoms with E-state index in [0.29, 0.717) is 12.4 Å². The lowest BCUT2D eigenvalue weighted by atomic mass is 10.1. The van der Waals surface area contributed by atoms with Gasteiger partial charge in [-0.15, -0.1) is 0 Å². The van der Waals surface area contributed by atoms with E-state index in [1.807, 2.05) is 20.8 Å². The van der Waals surface area contributed by atoms with Crippen LogP contribution in [-0.2, 0) is 4.74 Å². The van der Waals surface area contributed by atoms with Crippen LogP contribution in [0, 0.1) is 11.7 Å². The molecule has 0 bridgehead atoms. The van der Waals surface area contributed by atoms with Crippen LogP contribution in [0.2, 0.25) is 0 Å². The van der Waals surface area contributed by atoms with Gasteiger partial charge in [0.2, 0.25) is 5.82 Å². The summed E-state index contributed by atoms with van der Waals surface area (Å²) in [5.41, 5.74) is 0.153. The number of rotatable bonds is 5. The molecule has 108 valence electrons. The molecule has 0 spiro atoms. The highest BCUT2D eigenvalue weighted by molar-refractivity contribution is 5.55. The van der Waals surface area contributed by atoms with Gasteiger partial charge in [0.05, 0.1) is 5.56 Å². The first kappa shape index (κ1) is 14.5. The van der Waals surface area contributed by atoms with Crippen molar-refractivity contribution in [3.8, 4) is 17.2 Å². The van der Waals surface area contributed by atoms with E-state index in [4.69, 9.17) is 9.26 Å². The van der Waals surface area contributed by atoms with Gasteiger partial charge in [0.15, 0.2) is 0 Å². The van der Waals surface area contributed by atoms with E-state index in [1.54, 1.807) is 0 Å². The van der Waals surface area contributed by atoms with Gasteiger partial charge in [-0.1, -0.05) is 19.0 Å². The zero-order chi connectivity index (χ0) is 14.7. The fourth-order valence-electron chi connectivity index (χ4n) is 1.88. The average Bonchev–Trinajstić information content (AvgIpc) is 2.84. The molecule has 0 saturated heterocycles. The molecule has 0 fully saturated rings. The van der Waals surface area contributed by atoms with Gasteiger partial charge in [0.25, 0.3) is 5.89 Å². The van der Waals surface area contributed by atoms with Crippen molar-refractivity contribution in [2.45, 2.75) is 26.9 Å². The van der Waals surface area contributed by atoms with Crippen molar-refractivity contribution >= 4 is 0 Å². The van der Waals surface area contributed by atoms with Crippen LogP contribution >= 0.6 is 0 Å². The number of hydrogen-bond donors (Lipinski definition) is 1. The van der Waals surface area contributed by atoms with Gasteiger partial charge in [-0.3, -0.25) is 0 Å². The average molecular weight is 280 g/mol. The van der Waals surface area contributed by atoms with Crippen LogP contribution in [0.4, 0.5) is 4.39 Å². The lowest BCUT2D eigenvalue weighted by Crippen LogP contribution is -2.12. The topological polar surface area (TPSA) is 68.4 Å². The highest BCUT2D eigenvalue weighted by atomic mass is 19.1. The quantitative estimate of drug-likeness (QED) is 0.910. The Morgan fingerprint density at radius 3 is 2.75 bits per heavy atom. The standard InChI is InChI=1S/C14H17FN2O3/c1-4-19-12(8(2)3)13-16-14(20-17-13)10-6-5-9(18)7-11(10)15/h5-8,12,18H,4H2,1-3H3. The van der Waals surface area contributed by atoms with E-state index in [1.165, 1.54) is 12.1 Å². The Hall–Kier alpha value is -1.95. The first-order chi connectivity index (χ1) is 9.52. The molecule has 0 aliphatic carbocycles. The van der Waals surface area contributed by atoms with Crippen LogP contribution in [0.5, 0.6) is 5.75 Å². The van der Waals surface area contributed by atoms with Gasteiger partial charge in [-0.2, -0.15) is 4.98 Å². The number of aromatic hydroxyl groups is 1. The molecule has 5 nitrogen and oxygen atoms in total. The zero-order valence-corrected chi connectivity index (χ0v) is 11.6. The van der Waals surface area contributed by atoms with Crippen molar-refractivity contribution in [2.24, 2.45) is 5.92 Å². The summed E-state index contributed by atoms with van der Waals surface area (Å²) in [6, 6.07) is 3.76. The maximum atomic E-state index is 13.7. The van der Waals surface area contributed by atoms with E-state index < -0.39 is 5.82 Å². The molecule has 20 heavy (non-hydrogen) atoms. The van der Waals surface area contributed by atoms with Crippen molar-refractivity contribution in [2.75, 3.05) is 6.61 Å². The molecule has 1 atom stereocenters. The summed E-state index contributed by atoms with van der Waals surface area (Å²) in [4.78, 5) is 4.19. The van der Waals surface area contributed by atoms with Crippen LogP contribution in [0.15, 0.2) is 22.7 Å². The zero-order valence-electron chi connectivity index (χ0n) is 11.6.